The maximum atomic E-state index is 5.83. The van der Waals surface area contributed by atoms with Crippen LogP contribution >= 0.6 is 0 Å². The molecule has 0 aliphatic carbocycles. The molecule has 2 aliphatic rings. The van der Waals surface area contributed by atoms with Gasteiger partial charge in [-0.15, -0.1) is 10.2 Å². The zero-order chi connectivity index (χ0) is 15.6. The van der Waals surface area contributed by atoms with Gasteiger partial charge in [0.25, 0.3) is 0 Å². The highest BCUT2D eigenvalue weighted by atomic mass is 16.5. The summed E-state index contributed by atoms with van der Waals surface area (Å²) in [6, 6.07) is 4.07. The number of nitrogens with zero attached hydrogens (tertiary/aromatic N) is 4. The third-order valence-electron chi connectivity index (χ3n) is 4.89. The normalized spacial score (nSPS) is 21.7. The van der Waals surface area contributed by atoms with Crippen LogP contribution in [0, 0.1) is 0 Å². The van der Waals surface area contributed by atoms with Gasteiger partial charge in [0.1, 0.15) is 29.8 Å². The molecule has 0 amide bonds. The minimum Gasteiger partial charge on any atom is -0.462 e. The van der Waals surface area contributed by atoms with Crippen molar-refractivity contribution in [3.8, 4) is 0 Å². The first-order chi connectivity index (χ1) is 11.3. The third-order valence-corrected chi connectivity index (χ3v) is 4.89. The van der Waals surface area contributed by atoms with E-state index in [0.717, 1.165) is 44.1 Å². The topological polar surface area (TPSA) is 56.3 Å². The summed E-state index contributed by atoms with van der Waals surface area (Å²) in [7, 11) is 1.69. The highest BCUT2D eigenvalue weighted by molar-refractivity contribution is 5.09. The lowest BCUT2D eigenvalue weighted by atomic mass is 9.97. The van der Waals surface area contributed by atoms with E-state index in [9.17, 15) is 0 Å². The average molecular weight is 316 g/mol. The number of fused-ring (bicyclic) bond motifs is 1. The Morgan fingerprint density at radius 1 is 1.22 bits per heavy atom. The molecule has 0 N–H and O–H groups in total. The molecule has 23 heavy (non-hydrogen) atoms. The number of methoxy groups -OCH3 is 1. The first-order valence-electron chi connectivity index (χ1n) is 8.54. The van der Waals surface area contributed by atoms with Gasteiger partial charge in [-0.25, -0.2) is 0 Å². The van der Waals surface area contributed by atoms with Crippen LogP contribution in [-0.4, -0.2) is 39.9 Å². The van der Waals surface area contributed by atoms with Crippen LogP contribution in [-0.2, 0) is 30.9 Å². The van der Waals surface area contributed by atoms with Gasteiger partial charge < -0.3 is 13.7 Å². The van der Waals surface area contributed by atoms with Crippen LogP contribution in [0.2, 0.25) is 0 Å². The third kappa shape index (κ3) is 3.05. The molecule has 1 fully saturated rings. The summed E-state index contributed by atoms with van der Waals surface area (Å²) in [6.45, 7) is 4.65. The Kier molecular flexibility index (Phi) is 4.18. The fourth-order valence-electron chi connectivity index (χ4n) is 3.83. The number of ether oxygens (including phenoxy) is 1. The molecule has 1 saturated heterocycles. The summed E-state index contributed by atoms with van der Waals surface area (Å²) in [4.78, 5) is 2.47. The van der Waals surface area contributed by atoms with Gasteiger partial charge in [0, 0.05) is 32.5 Å². The summed E-state index contributed by atoms with van der Waals surface area (Å²) in [5, 5.41) is 8.84. The SMILES string of the molecule is COCc1ccc(CN2CCCC(c3nnc4n3CCC4)C2)o1. The molecule has 2 aromatic heterocycles. The summed E-state index contributed by atoms with van der Waals surface area (Å²) < 4.78 is 13.3. The molecule has 2 aliphatic heterocycles. The van der Waals surface area contributed by atoms with Crippen LogP contribution in [0.5, 0.6) is 0 Å². The predicted molar refractivity (Wildman–Crippen MR) is 85.0 cm³/mol. The zero-order valence-electron chi connectivity index (χ0n) is 13.7. The van der Waals surface area contributed by atoms with E-state index in [4.69, 9.17) is 9.15 Å². The van der Waals surface area contributed by atoms with E-state index in [1.807, 2.05) is 6.07 Å². The van der Waals surface area contributed by atoms with E-state index in [0.29, 0.717) is 12.5 Å². The monoisotopic (exact) mass is 316 g/mol. The molecule has 2 aromatic rings. The number of aromatic nitrogens is 3. The predicted octanol–water partition coefficient (Wildman–Crippen LogP) is 2.34. The fraction of sp³-hybridized carbons (Fsp3) is 0.647. The highest BCUT2D eigenvalue weighted by Gasteiger charge is 2.28. The van der Waals surface area contributed by atoms with E-state index in [1.54, 1.807) is 7.11 Å². The van der Waals surface area contributed by atoms with E-state index < -0.39 is 0 Å². The van der Waals surface area contributed by atoms with Gasteiger partial charge in [-0.2, -0.15) is 0 Å². The van der Waals surface area contributed by atoms with Crippen LogP contribution in [0.15, 0.2) is 16.5 Å². The Bertz CT molecular complexity index is 663. The van der Waals surface area contributed by atoms with E-state index in [1.165, 1.54) is 30.9 Å². The van der Waals surface area contributed by atoms with Crippen molar-refractivity contribution < 1.29 is 9.15 Å². The Hall–Kier alpha value is -1.66. The van der Waals surface area contributed by atoms with E-state index in [2.05, 4.69) is 25.7 Å². The Labute approximate surface area is 136 Å². The van der Waals surface area contributed by atoms with Crippen molar-refractivity contribution in [2.24, 2.45) is 0 Å². The first kappa shape index (κ1) is 14.9. The average Bonchev–Trinajstić information content (AvgIpc) is 3.24. The molecule has 6 heteroatoms. The van der Waals surface area contributed by atoms with Crippen molar-refractivity contribution in [1.29, 1.82) is 0 Å². The van der Waals surface area contributed by atoms with Gasteiger partial charge in [0.2, 0.25) is 0 Å². The molecule has 4 rings (SSSR count). The van der Waals surface area contributed by atoms with E-state index >= 15 is 0 Å². The van der Waals surface area contributed by atoms with Crippen LogP contribution < -0.4 is 0 Å². The highest BCUT2D eigenvalue weighted by Crippen LogP contribution is 2.29. The van der Waals surface area contributed by atoms with Crippen molar-refractivity contribution >= 4 is 0 Å². The van der Waals surface area contributed by atoms with Crippen LogP contribution in [0.3, 0.4) is 0 Å². The van der Waals surface area contributed by atoms with Gasteiger partial charge in [0.05, 0.1) is 6.54 Å². The summed E-state index contributed by atoms with van der Waals surface area (Å²) in [6.07, 6.45) is 4.71. The molecule has 1 atom stereocenters. The summed E-state index contributed by atoms with van der Waals surface area (Å²) in [5.41, 5.74) is 0. The number of hydrogen-bond acceptors (Lipinski definition) is 5. The maximum absolute atomic E-state index is 5.83. The lowest BCUT2D eigenvalue weighted by Crippen LogP contribution is -2.34. The van der Waals surface area contributed by atoms with Crippen LogP contribution in [0.4, 0.5) is 0 Å². The standard InChI is InChI=1S/C17H24N4O2/c1-22-12-15-7-6-14(23-15)11-20-8-2-4-13(10-20)17-19-18-16-5-3-9-21(16)17/h6-7,13H,2-5,8-12H2,1H3. The van der Waals surface area contributed by atoms with E-state index in [-0.39, 0.29) is 0 Å². The van der Waals surface area contributed by atoms with Crippen molar-refractivity contribution in [1.82, 2.24) is 19.7 Å². The molecule has 0 bridgehead atoms. The largest absolute Gasteiger partial charge is 0.462 e. The molecule has 6 nitrogen and oxygen atoms in total. The van der Waals surface area contributed by atoms with Gasteiger partial charge in [-0.05, 0) is 37.9 Å². The number of piperidine rings is 1. The number of furan rings is 1. The number of rotatable bonds is 5. The van der Waals surface area contributed by atoms with Crippen molar-refractivity contribution in [3.05, 3.63) is 35.3 Å². The van der Waals surface area contributed by atoms with Crippen molar-refractivity contribution in [2.75, 3.05) is 20.2 Å². The Morgan fingerprint density at radius 2 is 2.13 bits per heavy atom. The second-order valence-electron chi connectivity index (χ2n) is 6.60. The lowest BCUT2D eigenvalue weighted by Gasteiger charge is -2.31. The fourth-order valence-corrected chi connectivity index (χ4v) is 3.83. The number of hydrogen-bond donors (Lipinski definition) is 0. The zero-order valence-corrected chi connectivity index (χ0v) is 13.7. The van der Waals surface area contributed by atoms with Crippen LogP contribution in [0.25, 0.3) is 0 Å². The smallest absolute Gasteiger partial charge is 0.137 e. The number of aryl methyl sites for hydroxylation is 1. The minimum absolute atomic E-state index is 0.497. The van der Waals surface area contributed by atoms with Gasteiger partial charge in [-0.3, -0.25) is 4.90 Å². The molecule has 1 unspecified atom stereocenters. The molecular weight excluding hydrogens is 292 g/mol. The first-order valence-corrected chi connectivity index (χ1v) is 8.54. The van der Waals surface area contributed by atoms with Gasteiger partial charge in [0.15, 0.2) is 0 Å². The van der Waals surface area contributed by atoms with Gasteiger partial charge >= 0.3 is 0 Å². The van der Waals surface area contributed by atoms with Crippen molar-refractivity contribution in [3.63, 3.8) is 0 Å². The molecule has 0 saturated carbocycles. The molecular formula is C17H24N4O2. The second-order valence-corrected chi connectivity index (χ2v) is 6.60. The minimum atomic E-state index is 0.497. The molecule has 0 radical (unpaired) electrons. The molecule has 0 spiro atoms. The van der Waals surface area contributed by atoms with Crippen LogP contribution in [0.1, 0.15) is 48.3 Å². The number of likely N-dealkylation sites (tertiary alicyclic amines) is 1. The molecule has 4 heterocycles. The van der Waals surface area contributed by atoms with Gasteiger partial charge in [-0.1, -0.05) is 0 Å². The second kappa shape index (κ2) is 6.45. The Morgan fingerprint density at radius 3 is 3.04 bits per heavy atom. The lowest BCUT2D eigenvalue weighted by molar-refractivity contribution is 0.153. The summed E-state index contributed by atoms with van der Waals surface area (Å²) >= 11 is 0. The van der Waals surface area contributed by atoms with Crippen molar-refractivity contribution in [2.45, 2.75) is 51.3 Å². The Balaban J connectivity index is 1.42. The molecule has 0 aromatic carbocycles. The quantitative estimate of drug-likeness (QED) is 0.847. The molecule has 124 valence electrons. The maximum Gasteiger partial charge on any atom is 0.137 e. The summed E-state index contributed by atoms with van der Waals surface area (Å²) in [5.74, 6) is 4.78.